The van der Waals surface area contributed by atoms with Gasteiger partial charge in [-0.3, -0.25) is 0 Å². The van der Waals surface area contributed by atoms with Gasteiger partial charge in [0.05, 0.1) is 18.1 Å². The van der Waals surface area contributed by atoms with Crippen molar-refractivity contribution in [3.05, 3.63) is 34.6 Å². The summed E-state index contributed by atoms with van der Waals surface area (Å²) in [6, 6.07) is 4.24. The van der Waals surface area contributed by atoms with Crippen LogP contribution in [0, 0.1) is 28.5 Å². The molecule has 0 aromatic heterocycles. The number of alkyl halides is 3. The van der Waals surface area contributed by atoms with Gasteiger partial charge in [0.2, 0.25) is 0 Å². The predicted octanol–water partition coefficient (Wildman–Crippen LogP) is 2.78. The van der Waals surface area contributed by atoms with Gasteiger partial charge in [0.1, 0.15) is 17.4 Å². The molecule has 0 unspecified atom stereocenters. The number of nitriles is 2. The molecule has 2 nitrogen and oxygen atoms in total. The van der Waals surface area contributed by atoms with Crippen LogP contribution in [0.4, 0.5) is 17.6 Å². The van der Waals surface area contributed by atoms with Crippen LogP contribution >= 0.6 is 0 Å². The zero-order valence-corrected chi connectivity index (χ0v) is 7.77. The van der Waals surface area contributed by atoms with Gasteiger partial charge in [-0.25, -0.2) is 4.39 Å². The van der Waals surface area contributed by atoms with Gasteiger partial charge in [0.15, 0.2) is 0 Å². The van der Waals surface area contributed by atoms with E-state index in [9.17, 15) is 17.6 Å². The molecule has 0 fully saturated rings. The Morgan fingerprint density at radius 1 is 1.19 bits per heavy atom. The van der Waals surface area contributed by atoms with Crippen LogP contribution in [0.3, 0.4) is 0 Å². The van der Waals surface area contributed by atoms with Gasteiger partial charge in [-0.1, -0.05) is 6.07 Å². The molecule has 0 saturated carbocycles. The second kappa shape index (κ2) is 4.19. The second-order valence-corrected chi connectivity index (χ2v) is 2.91. The maximum absolute atomic E-state index is 13.4. The molecule has 0 N–H and O–H groups in total. The first-order valence-electron chi connectivity index (χ1n) is 4.07. The Kier molecular flexibility index (Phi) is 3.14. The molecule has 1 aromatic carbocycles. The maximum atomic E-state index is 13.4. The summed E-state index contributed by atoms with van der Waals surface area (Å²) < 4.78 is 50.4. The number of rotatable bonds is 1. The monoisotopic (exact) mass is 228 g/mol. The first-order chi connectivity index (χ1) is 7.41. The highest BCUT2D eigenvalue weighted by Gasteiger charge is 2.35. The highest BCUT2D eigenvalue weighted by molar-refractivity contribution is 5.44. The molecule has 0 aliphatic carbocycles. The minimum Gasteiger partial charge on any atom is -0.205 e. The molecule has 0 saturated heterocycles. The molecule has 82 valence electrons. The van der Waals surface area contributed by atoms with Crippen molar-refractivity contribution >= 4 is 0 Å². The lowest BCUT2D eigenvalue weighted by molar-refractivity contribution is -0.138. The first-order valence-corrected chi connectivity index (χ1v) is 4.07. The van der Waals surface area contributed by atoms with Crippen LogP contribution in [0.2, 0.25) is 0 Å². The van der Waals surface area contributed by atoms with Crippen LogP contribution in [0.1, 0.15) is 16.7 Å². The third-order valence-electron chi connectivity index (χ3n) is 1.91. The lowest BCUT2D eigenvalue weighted by atomic mass is 10.0. The van der Waals surface area contributed by atoms with Gasteiger partial charge < -0.3 is 0 Å². The molecule has 0 amide bonds. The standard InChI is InChI=1S/C10H4F4N2/c11-9-6(3-4-15)1-2-8(7(9)5-16)10(12,13)14/h1-2H,3H2. The zero-order valence-electron chi connectivity index (χ0n) is 7.77. The number of halogens is 4. The molecule has 6 heteroatoms. The zero-order chi connectivity index (χ0) is 12.3. The normalized spacial score (nSPS) is 10.6. The minimum absolute atomic E-state index is 0.216. The van der Waals surface area contributed by atoms with Gasteiger partial charge in [0, 0.05) is 5.56 Å². The number of hydrogen-bond donors (Lipinski definition) is 0. The molecule has 16 heavy (non-hydrogen) atoms. The quantitative estimate of drug-likeness (QED) is 0.694. The second-order valence-electron chi connectivity index (χ2n) is 2.91. The topological polar surface area (TPSA) is 47.6 Å². The van der Waals surface area contributed by atoms with E-state index < -0.39 is 23.1 Å². The van der Waals surface area contributed by atoms with E-state index >= 15 is 0 Å². The Bertz CT molecular complexity index is 491. The summed E-state index contributed by atoms with van der Waals surface area (Å²) in [5.41, 5.74) is -2.61. The van der Waals surface area contributed by atoms with E-state index in [1.54, 1.807) is 6.07 Å². The van der Waals surface area contributed by atoms with E-state index in [0.29, 0.717) is 6.07 Å². The predicted molar refractivity (Wildman–Crippen MR) is 45.4 cm³/mol. The SMILES string of the molecule is N#CCc1ccc(C(F)(F)F)c(C#N)c1F. The molecular formula is C10H4F4N2. The van der Waals surface area contributed by atoms with E-state index in [1.165, 1.54) is 0 Å². The summed E-state index contributed by atoms with van der Waals surface area (Å²) in [5, 5.41) is 16.8. The number of hydrogen-bond acceptors (Lipinski definition) is 2. The van der Waals surface area contributed by atoms with Crippen LogP contribution < -0.4 is 0 Å². The summed E-state index contributed by atoms with van der Waals surface area (Å²) >= 11 is 0. The Balaban J connectivity index is 3.44. The third-order valence-corrected chi connectivity index (χ3v) is 1.91. The fourth-order valence-corrected chi connectivity index (χ4v) is 1.19. The van der Waals surface area contributed by atoms with Crippen LogP contribution in [0.25, 0.3) is 0 Å². The summed E-state index contributed by atoms with van der Waals surface area (Å²) in [6.07, 6.45) is -5.16. The molecule has 1 aromatic rings. The molecule has 0 heterocycles. The van der Waals surface area contributed by atoms with Crippen molar-refractivity contribution in [1.29, 1.82) is 10.5 Å². The Labute approximate surface area is 88.3 Å². The molecule has 1 rings (SSSR count). The average molecular weight is 228 g/mol. The summed E-state index contributed by atoms with van der Waals surface area (Å²) in [7, 11) is 0. The van der Waals surface area contributed by atoms with Crippen molar-refractivity contribution in [2.45, 2.75) is 12.6 Å². The van der Waals surface area contributed by atoms with Gasteiger partial charge in [0.25, 0.3) is 0 Å². The van der Waals surface area contributed by atoms with Gasteiger partial charge in [-0.15, -0.1) is 0 Å². The van der Waals surface area contributed by atoms with Crippen LogP contribution in [0.15, 0.2) is 12.1 Å². The summed E-state index contributed by atoms with van der Waals surface area (Å²) in [4.78, 5) is 0. The third kappa shape index (κ3) is 2.12. The van der Waals surface area contributed by atoms with Gasteiger partial charge in [-0.2, -0.15) is 23.7 Å². The molecule has 0 spiro atoms. The first kappa shape index (κ1) is 12.0. The molecule has 0 atom stereocenters. The number of benzene rings is 1. The maximum Gasteiger partial charge on any atom is 0.417 e. The van der Waals surface area contributed by atoms with Crippen molar-refractivity contribution in [3.8, 4) is 12.1 Å². The summed E-state index contributed by atoms with van der Waals surface area (Å²) in [6.45, 7) is 0. The fourth-order valence-electron chi connectivity index (χ4n) is 1.19. The largest absolute Gasteiger partial charge is 0.417 e. The molecule has 0 aliphatic rings. The van der Waals surface area contributed by atoms with E-state index in [1.807, 2.05) is 0 Å². The molecule has 0 radical (unpaired) electrons. The van der Waals surface area contributed by atoms with Crippen LogP contribution in [-0.2, 0) is 12.6 Å². The van der Waals surface area contributed by atoms with Crippen LogP contribution in [-0.4, -0.2) is 0 Å². The van der Waals surface area contributed by atoms with Crippen molar-refractivity contribution in [2.24, 2.45) is 0 Å². The lowest BCUT2D eigenvalue weighted by Crippen LogP contribution is -2.10. The molecule has 0 aliphatic heterocycles. The van der Waals surface area contributed by atoms with Crippen LogP contribution in [0.5, 0.6) is 0 Å². The van der Waals surface area contributed by atoms with Crippen molar-refractivity contribution < 1.29 is 17.6 Å². The highest BCUT2D eigenvalue weighted by Crippen LogP contribution is 2.33. The highest BCUT2D eigenvalue weighted by atomic mass is 19.4. The van der Waals surface area contributed by atoms with E-state index in [2.05, 4.69) is 0 Å². The Hall–Kier alpha value is -2.08. The Morgan fingerprint density at radius 3 is 2.25 bits per heavy atom. The van der Waals surface area contributed by atoms with Gasteiger partial charge >= 0.3 is 6.18 Å². The van der Waals surface area contributed by atoms with E-state index in [4.69, 9.17) is 10.5 Å². The van der Waals surface area contributed by atoms with E-state index in [0.717, 1.165) is 12.1 Å². The molecule has 0 bridgehead atoms. The Morgan fingerprint density at radius 2 is 1.81 bits per heavy atom. The summed E-state index contributed by atoms with van der Waals surface area (Å²) in [5.74, 6) is -1.28. The average Bonchev–Trinajstić information content (AvgIpc) is 2.19. The smallest absolute Gasteiger partial charge is 0.205 e. The van der Waals surface area contributed by atoms with Crippen molar-refractivity contribution in [3.63, 3.8) is 0 Å². The minimum atomic E-state index is -4.78. The lowest BCUT2D eigenvalue weighted by Gasteiger charge is -2.10. The van der Waals surface area contributed by atoms with Crippen molar-refractivity contribution in [1.82, 2.24) is 0 Å². The van der Waals surface area contributed by atoms with Gasteiger partial charge in [-0.05, 0) is 6.07 Å². The van der Waals surface area contributed by atoms with E-state index in [-0.39, 0.29) is 12.0 Å². The van der Waals surface area contributed by atoms with Crippen molar-refractivity contribution in [2.75, 3.05) is 0 Å². The number of nitrogens with zero attached hydrogens (tertiary/aromatic N) is 2. The molecular weight excluding hydrogens is 224 g/mol. The fraction of sp³-hybridized carbons (Fsp3) is 0.200.